The average Bonchev–Trinajstić information content (AvgIpc) is 2.17. The van der Waals surface area contributed by atoms with Crippen LogP contribution >= 0.6 is 0 Å². The van der Waals surface area contributed by atoms with Gasteiger partial charge in [-0.15, -0.1) is 0 Å². The number of carbonyl (C=O) groups excluding carboxylic acids is 1. The normalized spacial score (nSPS) is 19.5. The Labute approximate surface area is 76.3 Å². The smallest absolute Gasteiger partial charge is 0.226 e. The lowest BCUT2D eigenvalue weighted by molar-refractivity contribution is -0.119. The Balaban J connectivity index is 2.49. The fourth-order valence-electron chi connectivity index (χ4n) is 1.54. The van der Waals surface area contributed by atoms with E-state index in [1.807, 2.05) is 24.3 Å². The van der Waals surface area contributed by atoms with E-state index in [4.69, 9.17) is 5.73 Å². The molecule has 0 bridgehead atoms. The van der Waals surface area contributed by atoms with Crippen molar-refractivity contribution in [2.75, 3.05) is 6.54 Å². The molecule has 0 aliphatic carbocycles. The summed E-state index contributed by atoms with van der Waals surface area (Å²) in [5.41, 5.74) is 7.26. The van der Waals surface area contributed by atoms with E-state index in [1.54, 1.807) is 6.21 Å². The summed E-state index contributed by atoms with van der Waals surface area (Å²) in [6, 6.07) is 7.70. The van der Waals surface area contributed by atoms with Crippen molar-refractivity contribution in [1.29, 1.82) is 0 Å². The lowest BCUT2D eigenvalue weighted by atomic mass is 9.92. The molecule has 0 saturated heterocycles. The maximum absolute atomic E-state index is 11.1. The van der Waals surface area contributed by atoms with E-state index in [-0.39, 0.29) is 11.8 Å². The van der Waals surface area contributed by atoms with Gasteiger partial charge in [0.2, 0.25) is 5.91 Å². The van der Waals surface area contributed by atoms with Crippen molar-refractivity contribution in [2.45, 2.75) is 5.92 Å². The molecule has 0 fully saturated rings. The van der Waals surface area contributed by atoms with Crippen LogP contribution in [-0.2, 0) is 4.79 Å². The van der Waals surface area contributed by atoms with Crippen LogP contribution in [0.2, 0.25) is 0 Å². The molecule has 0 spiro atoms. The first kappa shape index (κ1) is 7.98. The summed E-state index contributed by atoms with van der Waals surface area (Å²) in [5.74, 6) is -0.550. The molecule has 1 atom stereocenters. The zero-order chi connectivity index (χ0) is 9.26. The van der Waals surface area contributed by atoms with Crippen LogP contribution < -0.4 is 5.73 Å². The lowest BCUT2D eigenvalue weighted by Gasteiger charge is -2.17. The highest BCUT2D eigenvalue weighted by Gasteiger charge is 2.21. The zero-order valence-corrected chi connectivity index (χ0v) is 7.10. The van der Waals surface area contributed by atoms with Gasteiger partial charge in [0.1, 0.15) is 0 Å². The molecule has 2 N–H and O–H groups in total. The molecule has 1 aromatic carbocycles. The molecule has 1 aliphatic rings. The topological polar surface area (TPSA) is 55.5 Å². The second-order valence-electron chi connectivity index (χ2n) is 3.08. The predicted molar refractivity (Wildman–Crippen MR) is 50.8 cm³/mol. The van der Waals surface area contributed by atoms with E-state index < -0.39 is 0 Å². The molecule has 0 aromatic heterocycles. The molecule has 1 amide bonds. The average molecular weight is 174 g/mol. The van der Waals surface area contributed by atoms with Crippen molar-refractivity contribution in [3.05, 3.63) is 35.4 Å². The van der Waals surface area contributed by atoms with Crippen LogP contribution in [0.4, 0.5) is 0 Å². The van der Waals surface area contributed by atoms with Crippen molar-refractivity contribution in [3.8, 4) is 0 Å². The summed E-state index contributed by atoms with van der Waals surface area (Å²) in [6.07, 6.45) is 1.79. The molecule has 1 heterocycles. The number of fused-ring (bicyclic) bond motifs is 1. The number of amides is 1. The van der Waals surface area contributed by atoms with Gasteiger partial charge in [-0.1, -0.05) is 24.3 Å². The lowest BCUT2D eigenvalue weighted by Crippen LogP contribution is -2.26. The fraction of sp³-hybridized carbons (Fsp3) is 0.200. The number of hydrogen-bond acceptors (Lipinski definition) is 2. The first-order valence-corrected chi connectivity index (χ1v) is 4.17. The molecule has 1 unspecified atom stereocenters. The number of aliphatic imine (C=N–C) groups is 1. The minimum absolute atomic E-state index is 0.249. The van der Waals surface area contributed by atoms with Gasteiger partial charge in [0.15, 0.2) is 0 Å². The Hall–Kier alpha value is -1.64. The number of nitrogens with two attached hydrogens (primary N) is 1. The highest BCUT2D eigenvalue weighted by atomic mass is 16.1. The SMILES string of the molecule is NC(=O)C1CN=Cc2ccccc21. The Morgan fingerprint density at radius 1 is 1.46 bits per heavy atom. The van der Waals surface area contributed by atoms with Gasteiger partial charge < -0.3 is 5.73 Å². The van der Waals surface area contributed by atoms with Crippen LogP contribution in [-0.4, -0.2) is 18.7 Å². The van der Waals surface area contributed by atoms with Gasteiger partial charge >= 0.3 is 0 Å². The fourth-order valence-corrected chi connectivity index (χ4v) is 1.54. The summed E-state index contributed by atoms with van der Waals surface area (Å²) in [7, 11) is 0. The van der Waals surface area contributed by atoms with Gasteiger partial charge in [-0.2, -0.15) is 0 Å². The van der Waals surface area contributed by atoms with Crippen molar-refractivity contribution < 1.29 is 4.79 Å². The zero-order valence-electron chi connectivity index (χ0n) is 7.10. The van der Waals surface area contributed by atoms with E-state index in [9.17, 15) is 4.79 Å². The van der Waals surface area contributed by atoms with E-state index in [1.165, 1.54) is 0 Å². The highest BCUT2D eigenvalue weighted by molar-refractivity contribution is 5.90. The molecule has 2 rings (SSSR count). The van der Waals surface area contributed by atoms with Crippen LogP contribution in [0.5, 0.6) is 0 Å². The maximum Gasteiger partial charge on any atom is 0.226 e. The summed E-state index contributed by atoms with van der Waals surface area (Å²) < 4.78 is 0. The number of primary amides is 1. The van der Waals surface area contributed by atoms with E-state index in [0.717, 1.165) is 11.1 Å². The van der Waals surface area contributed by atoms with E-state index in [0.29, 0.717) is 6.54 Å². The summed E-state index contributed by atoms with van der Waals surface area (Å²) >= 11 is 0. The first-order valence-electron chi connectivity index (χ1n) is 4.17. The molecular formula is C10H10N2O. The third-order valence-electron chi connectivity index (χ3n) is 2.23. The Morgan fingerprint density at radius 3 is 3.00 bits per heavy atom. The molecule has 1 aliphatic heterocycles. The maximum atomic E-state index is 11.1. The molecule has 1 aromatic rings. The third kappa shape index (κ3) is 1.33. The van der Waals surface area contributed by atoms with Gasteiger partial charge in [-0.3, -0.25) is 9.79 Å². The minimum Gasteiger partial charge on any atom is -0.369 e. The van der Waals surface area contributed by atoms with Gasteiger partial charge in [0, 0.05) is 6.21 Å². The number of benzene rings is 1. The molecule has 3 nitrogen and oxygen atoms in total. The van der Waals surface area contributed by atoms with Crippen molar-refractivity contribution >= 4 is 12.1 Å². The highest BCUT2D eigenvalue weighted by Crippen LogP contribution is 2.22. The summed E-state index contributed by atoms with van der Waals surface area (Å²) in [5, 5.41) is 0. The number of rotatable bonds is 1. The molecule has 13 heavy (non-hydrogen) atoms. The van der Waals surface area contributed by atoms with Gasteiger partial charge in [-0.25, -0.2) is 0 Å². The Kier molecular flexibility index (Phi) is 1.85. The molecule has 66 valence electrons. The minimum atomic E-state index is -0.302. The van der Waals surface area contributed by atoms with Crippen LogP contribution in [0.3, 0.4) is 0 Å². The van der Waals surface area contributed by atoms with Gasteiger partial charge in [0.05, 0.1) is 12.5 Å². The Bertz CT molecular complexity index is 371. The molecule has 0 saturated carbocycles. The second-order valence-corrected chi connectivity index (χ2v) is 3.08. The monoisotopic (exact) mass is 174 g/mol. The van der Waals surface area contributed by atoms with Gasteiger partial charge in [-0.05, 0) is 11.1 Å². The predicted octanol–water partition coefficient (Wildman–Crippen LogP) is 0.688. The number of hydrogen-bond donors (Lipinski definition) is 1. The number of nitrogens with zero attached hydrogens (tertiary/aromatic N) is 1. The van der Waals surface area contributed by atoms with Crippen molar-refractivity contribution in [1.82, 2.24) is 0 Å². The summed E-state index contributed by atoms with van der Waals surface area (Å²) in [4.78, 5) is 15.2. The van der Waals surface area contributed by atoms with E-state index in [2.05, 4.69) is 4.99 Å². The Morgan fingerprint density at radius 2 is 2.23 bits per heavy atom. The van der Waals surface area contributed by atoms with Crippen molar-refractivity contribution in [2.24, 2.45) is 10.7 Å². The third-order valence-corrected chi connectivity index (χ3v) is 2.23. The van der Waals surface area contributed by atoms with Crippen LogP contribution in [0.15, 0.2) is 29.3 Å². The largest absolute Gasteiger partial charge is 0.369 e. The van der Waals surface area contributed by atoms with Crippen LogP contribution in [0.25, 0.3) is 0 Å². The molecule has 0 radical (unpaired) electrons. The standard InChI is InChI=1S/C10H10N2O/c11-10(13)9-6-12-5-7-3-1-2-4-8(7)9/h1-5,9H,6H2,(H2,11,13). The van der Waals surface area contributed by atoms with Crippen molar-refractivity contribution in [3.63, 3.8) is 0 Å². The number of carbonyl (C=O) groups is 1. The first-order chi connectivity index (χ1) is 6.29. The van der Waals surface area contributed by atoms with Crippen LogP contribution in [0.1, 0.15) is 17.0 Å². The molecular weight excluding hydrogens is 164 g/mol. The quantitative estimate of drug-likeness (QED) is 0.669. The molecule has 3 heteroatoms. The van der Waals surface area contributed by atoms with E-state index >= 15 is 0 Å². The van der Waals surface area contributed by atoms with Gasteiger partial charge in [0.25, 0.3) is 0 Å². The van der Waals surface area contributed by atoms with Crippen LogP contribution in [0, 0.1) is 0 Å². The second kappa shape index (κ2) is 3.01. The summed E-state index contributed by atoms with van der Waals surface area (Å²) in [6.45, 7) is 0.479.